The van der Waals surface area contributed by atoms with Crippen molar-refractivity contribution in [2.24, 2.45) is 0 Å². The summed E-state index contributed by atoms with van der Waals surface area (Å²) < 4.78 is 36.0. The van der Waals surface area contributed by atoms with Gasteiger partial charge in [-0.25, -0.2) is 8.42 Å². The molecule has 1 fully saturated rings. The monoisotopic (exact) mass is 420 g/mol. The number of hydrogen-bond acceptors (Lipinski definition) is 6. The van der Waals surface area contributed by atoms with E-state index < -0.39 is 22.2 Å². The molecule has 29 heavy (non-hydrogen) atoms. The average Bonchev–Trinajstić information content (AvgIpc) is 2.69. The summed E-state index contributed by atoms with van der Waals surface area (Å²) in [5, 5.41) is 9.99. The number of methoxy groups -OCH3 is 1. The molecular weight excluding hydrogens is 396 g/mol. The molecule has 2 aromatic rings. The number of carbonyl (C=O) groups is 1. The van der Waals surface area contributed by atoms with Crippen molar-refractivity contribution in [1.29, 1.82) is 0 Å². The number of carbonyl (C=O) groups excluding carboxylic acids is 1. The smallest absolute Gasteiger partial charge is 0.249 e. The Morgan fingerprint density at radius 2 is 1.83 bits per heavy atom. The molecule has 2 unspecified atom stereocenters. The molecule has 0 bridgehead atoms. The Morgan fingerprint density at radius 3 is 2.38 bits per heavy atom. The topological polar surface area (TPSA) is 105 Å². The SMILES string of the molecule is COc1ccc(CN2C(=O)COC(c3ccc(NS(C)(=O)=O)cc3)C2CO)cc1. The fraction of sp³-hybridized carbons (Fsp3) is 0.350. The number of nitrogens with zero attached hydrogens (tertiary/aromatic N) is 1. The zero-order chi connectivity index (χ0) is 21.0. The van der Waals surface area contributed by atoms with E-state index in [-0.39, 0.29) is 19.1 Å². The number of hydrogen-bond donors (Lipinski definition) is 2. The Hall–Kier alpha value is -2.62. The van der Waals surface area contributed by atoms with E-state index in [9.17, 15) is 18.3 Å². The van der Waals surface area contributed by atoms with Crippen LogP contribution in [0.3, 0.4) is 0 Å². The molecule has 3 rings (SSSR count). The molecular formula is C20H24N2O6S. The lowest BCUT2D eigenvalue weighted by Crippen LogP contribution is -2.52. The molecule has 0 aromatic heterocycles. The van der Waals surface area contributed by atoms with Gasteiger partial charge in [-0.2, -0.15) is 0 Å². The third-order valence-electron chi connectivity index (χ3n) is 4.70. The van der Waals surface area contributed by atoms with Crippen LogP contribution in [0.25, 0.3) is 0 Å². The molecule has 9 heteroatoms. The zero-order valence-electron chi connectivity index (χ0n) is 16.2. The lowest BCUT2D eigenvalue weighted by atomic mass is 9.98. The van der Waals surface area contributed by atoms with E-state index in [1.54, 1.807) is 36.3 Å². The summed E-state index contributed by atoms with van der Waals surface area (Å²) in [6.07, 6.45) is 0.554. The first-order valence-electron chi connectivity index (χ1n) is 9.03. The van der Waals surface area contributed by atoms with Gasteiger partial charge in [-0.05, 0) is 35.4 Å². The molecule has 2 atom stereocenters. The van der Waals surface area contributed by atoms with E-state index in [0.717, 1.165) is 23.1 Å². The van der Waals surface area contributed by atoms with Gasteiger partial charge in [0, 0.05) is 12.2 Å². The van der Waals surface area contributed by atoms with Crippen molar-refractivity contribution in [3.05, 3.63) is 59.7 Å². The van der Waals surface area contributed by atoms with Crippen LogP contribution in [0.15, 0.2) is 48.5 Å². The lowest BCUT2D eigenvalue weighted by Gasteiger charge is -2.40. The number of anilines is 1. The third-order valence-corrected chi connectivity index (χ3v) is 5.30. The first-order valence-corrected chi connectivity index (χ1v) is 10.9. The van der Waals surface area contributed by atoms with E-state index in [1.807, 2.05) is 24.3 Å². The van der Waals surface area contributed by atoms with Crippen LogP contribution in [-0.2, 0) is 26.1 Å². The Morgan fingerprint density at radius 1 is 1.17 bits per heavy atom. The van der Waals surface area contributed by atoms with Crippen LogP contribution in [0, 0.1) is 0 Å². The van der Waals surface area contributed by atoms with Gasteiger partial charge in [0.15, 0.2) is 0 Å². The van der Waals surface area contributed by atoms with Gasteiger partial charge in [-0.3, -0.25) is 9.52 Å². The van der Waals surface area contributed by atoms with Crippen molar-refractivity contribution in [3.8, 4) is 5.75 Å². The van der Waals surface area contributed by atoms with Gasteiger partial charge < -0.3 is 19.5 Å². The van der Waals surface area contributed by atoms with Crippen LogP contribution in [0.1, 0.15) is 17.2 Å². The molecule has 156 valence electrons. The fourth-order valence-corrected chi connectivity index (χ4v) is 3.87. The van der Waals surface area contributed by atoms with Crippen LogP contribution in [0.4, 0.5) is 5.69 Å². The highest BCUT2D eigenvalue weighted by atomic mass is 32.2. The minimum absolute atomic E-state index is 0.0966. The molecule has 8 nitrogen and oxygen atoms in total. The van der Waals surface area contributed by atoms with Crippen molar-refractivity contribution < 1.29 is 27.8 Å². The van der Waals surface area contributed by atoms with E-state index in [4.69, 9.17) is 9.47 Å². The normalized spacial score (nSPS) is 19.8. The molecule has 1 amide bonds. The summed E-state index contributed by atoms with van der Waals surface area (Å²) in [6, 6.07) is 13.5. The molecule has 2 N–H and O–H groups in total. The van der Waals surface area contributed by atoms with Crippen molar-refractivity contribution in [1.82, 2.24) is 4.90 Å². The number of amides is 1. The van der Waals surface area contributed by atoms with Crippen molar-refractivity contribution >= 4 is 21.6 Å². The van der Waals surface area contributed by atoms with Crippen LogP contribution < -0.4 is 9.46 Å². The molecule has 0 saturated carbocycles. The summed E-state index contributed by atoms with van der Waals surface area (Å²) in [5.74, 6) is 0.521. The second-order valence-electron chi connectivity index (χ2n) is 6.85. The first kappa shape index (κ1) is 21.1. The number of aliphatic hydroxyl groups excluding tert-OH is 1. The maximum atomic E-state index is 12.5. The number of rotatable bonds is 7. The number of morpholine rings is 1. The summed E-state index contributed by atoms with van der Waals surface area (Å²) in [6.45, 7) is -0.0296. The van der Waals surface area contributed by atoms with Crippen LogP contribution >= 0.6 is 0 Å². The highest BCUT2D eigenvalue weighted by Crippen LogP contribution is 2.31. The fourth-order valence-electron chi connectivity index (χ4n) is 3.30. The van der Waals surface area contributed by atoms with Gasteiger partial charge >= 0.3 is 0 Å². The predicted octanol–water partition coefficient (Wildman–Crippen LogP) is 1.53. The van der Waals surface area contributed by atoms with Gasteiger partial charge in [0.2, 0.25) is 15.9 Å². The molecule has 1 aliphatic rings. The third kappa shape index (κ3) is 5.26. The predicted molar refractivity (Wildman–Crippen MR) is 108 cm³/mol. The number of benzene rings is 2. The van der Waals surface area contributed by atoms with Crippen molar-refractivity contribution in [2.45, 2.75) is 18.7 Å². The Bertz CT molecular complexity index is 944. The lowest BCUT2D eigenvalue weighted by molar-refractivity contribution is -0.162. The Balaban J connectivity index is 1.79. The minimum Gasteiger partial charge on any atom is -0.497 e. The summed E-state index contributed by atoms with van der Waals surface area (Å²) in [5.41, 5.74) is 2.08. The second-order valence-corrected chi connectivity index (χ2v) is 8.60. The van der Waals surface area contributed by atoms with Gasteiger partial charge in [0.25, 0.3) is 0 Å². The molecule has 1 saturated heterocycles. The summed E-state index contributed by atoms with van der Waals surface area (Å²) in [4.78, 5) is 14.1. The Kier molecular flexibility index (Phi) is 6.41. The van der Waals surface area contributed by atoms with E-state index in [2.05, 4.69) is 4.72 Å². The Labute approximate surface area is 170 Å². The molecule has 1 heterocycles. The van der Waals surface area contributed by atoms with Crippen LogP contribution in [-0.4, -0.2) is 57.0 Å². The first-order chi connectivity index (χ1) is 13.8. The molecule has 1 aliphatic heterocycles. The zero-order valence-corrected chi connectivity index (χ0v) is 17.1. The maximum Gasteiger partial charge on any atom is 0.249 e. The quantitative estimate of drug-likeness (QED) is 0.704. The largest absolute Gasteiger partial charge is 0.497 e. The number of aliphatic hydroxyl groups is 1. The highest BCUT2D eigenvalue weighted by Gasteiger charge is 2.37. The average molecular weight is 420 g/mol. The molecule has 2 aromatic carbocycles. The number of nitrogens with one attached hydrogen (secondary N) is 1. The standard InChI is InChI=1S/C20H24N2O6S/c1-27-17-9-3-14(4-10-17)11-22-18(12-23)20(28-13-19(22)24)15-5-7-16(8-6-15)21-29(2,25)26/h3-10,18,20-21,23H,11-13H2,1-2H3. The second kappa shape index (κ2) is 8.81. The number of sulfonamides is 1. The van der Waals surface area contributed by atoms with Crippen molar-refractivity contribution in [2.75, 3.05) is 31.3 Å². The molecule has 0 radical (unpaired) electrons. The van der Waals surface area contributed by atoms with Gasteiger partial charge in [0.1, 0.15) is 18.5 Å². The van der Waals surface area contributed by atoms with Crippen LogP contribution in [0.2, 0.25) is 0 Å². The van der Waals surface area contributed by atoms with E-state index in [0.29, 0.717) is 12.2 Å². The molecule has 0 aliphatic carbocycles. The van der Waals surface area contributed by atoms with Gasteiger partial charge in [0.05, 0.1) is 26.0 Å². The summed E-state index contributed by atoms with van der Waals surface area (Å²) >= 11 is 0. The number of ether oxygens (including phenoxy) is 2. The van der Waals surface area contributed by atoms with Gasteiger partial charge in [-0.15, -0.1) is 0 Å². The van der Waals surface area contributed by atoms with Crippen LogP contribution in [0.5, 0.6) is 5.75 Å². The van der Waals surface area contributed by atoms with Crippen molar-refractivity contribution in [3.63, 3.8) is 0 Å². The maximum absolute atomic E-state index is 12.5. The summed E-state index contributed by atoms with van der Waals surface area (Å²) in [7, 11) is -1.78. The molecule has 0 spiro atoms. The minimum atomic E-state index is -3.37. The van der Waals surface area contributed by atoms with E-state index >= 15 is 0 Å². The highest BCUT2D eigenvalue weighted by molar-refractivity contribution is 7.92. The van der Waals surface area contributed by atoms with E-state index in [1.165, 1.54) is 0 Å². The van der Waals surface area contributed by atoms with Gasteiger partial charge in [-0.1, -0.05) is 24.3 Å².